The normalized spacial score (nSPS) is 11.4. The van der Waals surface area contributed by atoms with Crippen LogP contribution in [0, 0.1) is 6.92 Å². The summed E-state index contributed by atoms with van der Waals surface area (Å²) in [5, 5.41) is 2.49. The average Bonchev–Trinajstić information content (AvgIpc) is 2.52. The number of hydrogen-bond acceptors (Lipinski definition) is 4. The van der Waals surface area contributed by atoms with Crippen molar-refractivity contribution in [3.63, 3.8) is 0 Å². The topological polar surface area (TPSA) is 80.9 Å². The molecule has 24 heavy (non-hydrogen) atoms. The van der Waals surface area contributed by atoms with Crippen LogP contribution in [0.15, 0.2) is 24.4 Å². The first-order valence-electron chi connectivity index (χ1n) is 7.28. The molecule has 0 unspecified atom stereocenters. The number of rotatable bonds is 4. The second kappa shape index (κ2) is 6.86. The quantitative estimate of drug-likeness (QED) is 0.898. The Labute approximate surface area is 137 Å². The van der Waals surface area contributed by atoms with Crippen molar-refractivity contribution < 1.29 is 18.0 Å². The molecule has 2 heterocycles. The number of pyridine rings is 2. The van der Waals surface area contributed by atoms with Crippen molar-refractivity contribution in [2.45, 2.75) is 33.0 Å². The van der Waals surface area contributed by atoms with Crippen LogP contribution in [0.2, 0.25) is 0 Å². The molecule has 3 N–H and O–H groups in total. The van der Waals surface area contributed by atoms with Crippen LogP contribution in [-0.2, 0) is 19.1 Å². The maximum atomic E-state index is 13.2. The Balaban J connectivity index is 2.24. The SMILES string of the molecule is CCc1cc(C(=O)NCc2c(C(F)(F)F)cc(N)nc2C)ccn1. The largest absolute Gasteiger partial charge is 0.416 e. The van der Waals surface area contributed by atoms with Crippen LogP contribution in [0.25, 0.3) is 0 Å². The fraction of sp³-hybridized carbons (Fsp3) is 0.312. The number of aryl methyl sites for hydroxylation is 2. The molecule has 0 atom stereocenters. The van der Waals surface area contributed by atoms with Gasteiger partial charge in [-0.2, -0.15) is 13.2 Å². The first kappa shape index (κ1) is 17.7. The van der Waals surface area contributed by atoms with Gasteiger partial charge in [0.2, 0.25) is 0 Å². The first-order chi connectivity index (χ1) is 11.2. The van der Waals surface area contributed by atoms with Gasteiger partial charge in [-0.05, 0) is 31.5 Å². The lowest BCUT2D eigenvalue weighted by Gasteiger charge is -2.16. The monoisotopic (exact) mass is 338 g/mol. The second-order valence-electron chi connectivity index (χ2n) is 5.23. The minimum atomic E-state index is -4.58. The summed E-state index contributed by atoms with van der Waals surface area (Å²) in [5.41, 5.74) is 5.61. The Bertz CT molecular complexity index is 759. The van der Waals surface area contributed by atoms with E-state index in [4.69, 9.17) is 5.73 Å². The molecule has 0 aliphatic carbocycles. The van der Waals surface area contributed by atoms with E-state index >= 15 is 0 Å². The number of nitrogens with two attached hydrogens (primary N) is 1. The number of hydrogen-bond donors (Lipinski definition) is 2. The number of carbonyl (C=O) groups excluding carboxylic acids is 1. The van der Waals surface area contributed by atoms with Gasteiger partial charge < -0.3 is 11.1 Å². The zero-order valence-electron chi connectivity index (χ0n) is 13.2. The van der Waals surface area contributed by atoms with E-state index in [9.17, 15) is 18.0 Å². The fourth-order valence-corrected chi connectivity index (χ4v) is 2.28. The summed E-state index contributed by atoms with van der Waals surface area (Å²) in [6, 6.07) is 3.89. The molecule has 0 aliphatic heterocycles. The van der Waals surface area contributed by atoms with Crippen LogP contribution in [0.1, 0.15) is 39.8 Å². The van der Waals surface area contributed by atoms with E-state index in [2.05, 4.69) is 15.3 Å². The highest BCUT2D eigenvalue weighted by Gasteiger charge is 2.34. The van der Waals surface area contributed by atoms with Crippen molar-refractivity contribution in [2.75, 3.05) is 5.73 Å². The van der Waals surface area contributed by atoms with Gasteiger partial charge in [0.05, 0.1) is 5.56 Å². The molecule has 0 fully saturated rings. The molecule has 128 valence electrons. The Morgan fingerprint density at radius 3 is 2.67 bits per heavy atom. The van der Waals surface area contributed by atoms with E-state index in [0.717, 1.165) is 11.8 Å². The molecule has 2 aromatic heterocycles. The van der Waals surface area contributed by atoms with Gasteiger partial charge in [0.1, 0.15) is 5.82 Å². The Morgan fingerprint density at radius 1 is 1.33 bits per heavy atom. The number of nitrogens with zero attached hydrogens (tertiary/aromatic N) is 2. The highest BCUT2D eigenvalue weighted by Crippen LogP contribution is 2.34. The average molecular weight is 338 g/mol. The summed E-state index contributed by atoms with van der Waals surface area (Å²) in [4.78, 5) is 20.1. The van der Waals surface area contributed by atoms with Gasteiger partial charge in [-0.15, -0.1) is 0 Å². The fourth-order valence-electron chi connectivity index (χ4n) is 2.28. The van der Waals surface area contributed by atoms with Crippen LogP contribution in [-0.4, -0.2) is 15.9 Å². The Hall–Kier alpha value is -2.64. The first-order valence-corrected chi connectivity index (χ1v) is 7.28. The van der Waals surface area contributed by atoms with Crippen molar-refractivity contribution in [3.8, 4) is 0 Å². The lowest BCUT2D eigenvalue weighted by atomic mass is 10.1. The van der Waals surface area contributed by atoms with Crippen molar-refractivity contribution in [1.29, 1.82) is 0 Å². The minimum absolute atomic E-state index is 0.102. The predicted molar refractivity (Wildman–Crippen MR) is 83.2 cm³/mol. The van der Waals surface area contributed by atoms with Gasteiger partial charge in [0, 0.05) is 35.3 Å². The molecule has 2 aromatic rings. The summed E-state index contributed by atoms with van der Waals surface area (Å²) < 4.78 is 39.5. The number of halogens is 3. The Kier molecular flexibility index (Phi) is 5.06. The molecule has 0 saturated carbocycles. The minimum Gasteiger partial charge on any atom is -0.384 e. The second-order valence-corrected chi connectivity index (χ2v) is 5.23. The van der Waals surface area contributed by atoms with E-state index < -0.39 is 17.6 Å². The van der Waals surface area contributed by atoms with Gasteiger partial charge >= 0.3 is 6.18 Å². The lowest BCUT2D eigenvalue weighted by molar-refractivity contribution is -0.138. The maximum Gasteiger partial charge on any atom is 0.416 e. The number of anilines is 1. The number of carbonyl (C=O) groups is 1. The van der Waals surface area contributed by atoms with Crippen LogP contribution in [0.3, 0.4) is 0 Å². The molecule has 0 spiro atoms. The number of nitrogen functional groups attached to an aromatic ring is 1. The van der Waals surface area contributed by atoms with Gasteiger partial charge in [-0.25, -0.2) is 4.98 Å². The summed E-state index contributed by atoms with van der Waals surface area (Å²) in [7, 11) is 0. The number of aromatic nitrogens is 2. The molecule has 0 bridgehead atoms. The Morgan fingerprint density at radius 2 is 2.04 bits per heavy atom. The predicted octanol–water partition coefficient (Wildman–Crippen LogP) is 2.88. The van der Waals surface area contributed by atoms with Crippen molar-refractivity contribution in [3.05, 3.63) is 52.5 Å². The van der Waals surface area contributed by atoms with Crippen LogP contribution >= 0.6 is 0 Å². The molecule has 0 saturated heterocycles. The maximum absolute atomic E-state index is 13.2. The van der Waals surface area contributed by atoms with E-state index in [1.165, 1.54) is 19.2 Å². The number of alkyl halides is 3. The van der Waals surface area contributed by atoms with Crippen LogP contribution < -0.4 is 11.1 Å². The molecule has 5 nitrogen and oxygen atoms in total. The van der Waals surface area contributed by atoms with Crippen LogP contribution in [0.4, 0.5) is 19.0 Å². The molecule has 2 rings (SSSR count). The van der Waals surface area contributed by atoms with Crippen molar-refractivity contribution >= 4 is 11.7 Å². The van der Waals surface area contributed by atoms with Gasteiger partial charge in [0.15, 0.2) is 0 Å². The van der Waals surface area contributed by atoms with Crippen molar-refractivity contribution in [1.82, 2.24) is 15.3 Å². The highest BCUT2D eigenvalue weighted by molar-refractivity contribution is 5.94. The van der Waals surface area contributed by atoms with E-state index in [1.807, 2.05) is 6.92 Å². The standard InChI is InChI=1S/C16H17F3N4O/c1-3-11-6-10(4-5-21-11)15(24)22-8-12-9(2)23-14(20)7-13(12)16(17,18)19/h4-7H,3,8H2,1-2H3,(H2,20,23)(H,22,24). The number of amides is 1. The molecule has 0 aromatic carbocycles. The van der Waals surface area contributed by atoms with Gasteiger partial charge in [0.25, 0.3) is 5.91 Å². The van der Waals surface area contributed by atoms with Gasteiger partial charge in [-0.3, -0.25) is 9.78 Å². The van der Waals surface area contributed by atoms with Crippen molar-refractivity contribution in [2.24, 2.45) is 0 Å². The van der Waals surface area contributed by atoms with Crippen LogP contribution in [0.5, 0.6) is 0 Å². The molecule has 0 radical (unpaired) electrons. The molecule has 0 aliphatic rings. The summed E-state index contributed by atoms with van der Waals surface area (Å²) in [5.74, 6) is -0.687. The molecular formula is C16H17F3N4O. The summed E-state index contributed by atoms with van der Waals surface area (Å²) in [6.07, 6.45) is -2.43. The zero-order valence-corrected chi connectivity index (χ0v) is 13.2. The van der Waals surface area contributed by atoms with Gasteiger partial charge in [-0.1, -0.05) is 6.92 Å². The smallest absolute Gasteiger partial charge is 0.384 e. The lowest BCUT2D eigenvalue weighted by Crippen LogP contribution is -2.26. The van der Waals surface area contributed by atoms with E-state index in [-0.39, 0.29) is 23.6 Å². The highest BCUT2D eigenvalue weighted by atomic mass is 19.4. The number of nitrogens with one attached hydrogen (secondary N) is 1. The third-order valence-corrected chi connectivity index (χ3v) is 3.52. The van der Waals surface area contributed by atoms with E-state index in [1.54, 1.807) is 6.07 Å². The summed E-state index contributed by atoms with van der Waals surface area (Å²) >= 11 is 0. The molecule has 8 heteroatoms. The summed E-state index contributed by atoms with van der Waals surface area (Å²) in [6.45, 7) is 3.02. The zero-order chi connectivity index (χ0) is 17.9. The molecule has 1 amide bonds. The molecular weight excluding hydrogens is 321 g/mol. The third kappa shape index (κ3) is 4.01. The van der Waals surface area contributed by atoms with E-state index in [0.29, 0.717) is 12.0 Å². The third-order valence-electron chi connectivity index (χ3n) is 3.52.